The molecule has 1 nitrogen and oxygen atoms in total. The molecular formula is C10Cl10O. The number of halogens is 10. The SMILES string of the molecule is O=C1C2(Cl)C3(Cl)C4(Cl)C1(Cl)[C@@]1(Cl)C4(Cl)C(Cl)(Cl)C3(Cl)C21Cl. The van der Waals surface area contributed by atoms with E-state index in [9.17, 15) is 4.79 Å². The molecule has 0 radical (unpaired) electrons. The normalized spacial score (nSPS) is 81.0. The summed E-state index contributed by atoms with van der Waals surface area (Å²) in [6.45, 7) is 0. The van der Waals surface area contributed by atoms with E-state index in [1.165, 1.54) is 0 Å². The Hall–Kier alpha value is 2.57. The van der Waals surface area contributed by atoms with Crippen molar-refractivity contribution in [3.05, 3.63) is 0 Å². The maximum Gasteiger partial charge on any atom is 0.182 e. The number of carbonyl (C=O) groups is 1. The van der Waals surface area contributed by atoms with Crippen LogP contribution in [0.1, 0.15) is 0 Å². The minimum Gasteiger partial charge on any atom is -0.295 e. The van der Waals surface area contributed by atoms with Crippen molar-refractivity contribution < 1.29 is 4.79 Å². The van der Waals surface area contributed by atoms with E-state index in [2.05, 4.69) is 0 Å². The first kappa shape index (κ1) is 15.8. The number of rotatable bonds is 0. The van der Waals surface area contributed by atoms with Crippen LogP contribution in [0.25, 0.3) is 0 Å². The molecule has 0 aromatic carbocycles. The maximum absolute atomic E-state index is 12.8. The van der Waals surface area contributed by atoms with Gasteiger partial charge in [-0.05, 0) is 0 Å². The van der Waals surface area contributed by atoms with Gasteiger partial charge in [-0.1, -0.05) is 23.2 Å². The van der Waals surface area contributed by atoms with Gasteiger partial charge in [0.05, 0.1) is 0 Å². The van der Waals surface area contributed by atoms with Gasteiger partial charge in [-0.15, -0.1) is 92.8 Å². The summed E-state index contributed by atoms with van der Waals surface area (Å²) in [5.41, 5.74) is 0. The van der Waals surface area contributed by atoms with E-state index in [1.807, 2.05) is 0 Å². The van der Waals surface area contributed by atoms with E-state index >= 15 is 0 Å². The zero-order chi connectivity index (χ0) is 16.1. The quantitative estimate of drug-likeness (QED) is 0.453. The molecule has 6 aliphatic carbocycles. The van der Waals surface area contributed by atoms with Crippen LogP contribution in [0, 0.1) is 0 Å². The van der Waals surface area contributed by atoms with E-state index in [1.54, 1.807) is 0 Å². The summed E-state index contributed by atoms with van der Waals surface area (Å²) >= 11 is 65.7. The molecule has 0 spiro atoms. The lowest BCUT2D eigenvalue weighted by molar-refractivity contribution is -0.122. The maximum atomic E-state index is 12.8. The lowest BCUT2D eigenvalue weighted by atomic mass is 9.41. The average molecular weight is 491 g/mol. The van der Waals surface area contributed by atoms with Crippen LogP contribution in [0.4, 0.5) is 0 Å². The lowest BCUT2D eigenvalue weighted by Crippen LogP contribution is -3.03. The zero-order valence-electron chi connectivity index (χ0n) is 9.19. The minimum atomic E-state index is -1.94. The monoisotopic (exact) mass is 486 g/mol. The fourth-order valence-electron chi connectivity index (χ4n) is 5.64. The van der Waals surface area contributed by atoms with E-state index in [0.29, 0.717) is 0 Å². The molecule has 11 heteroatoms. The Morgan fingerprint density at radius 1 is 0.476 bits per heavy atom. The molecule has 0 N–H and O–H groups in total. The smallest absolute Gasteiger partial charge is 0.182 e. The highest BCUT2D eigenvalue weighted by atomic mass is 35.5. The fourth-order valence-corrected chi connectivity index (χ4v) is 14.0. The number of hydrogen-bond acceptors (Lipinski definition) is 1. The van der Waals surface area contributed by atoms with Gasteiger partial charge < -0.3 is 0 Å². The molecular weight excluding hydrogens is 491 g/mol. The van der Waals surface area contributed by atoms with Gasteiger partial charge in [-0.3, -0.25) is 4.79 Å². The number of hydrogen-bond donors (Lipinski definition) is 0. The Labute approximate surface area is 168 Å². The first-order valence-corrected chi connectivity index (χ1v) is 9.37. The van der Waals surface area contributed by atoms with Crippen LogP contribution in [0.2, 0.25) is 0 Å². The van der Waals surface area contributed by atoms with Crippen molar-refractivity contribution in [3.8, 4) is 0 Å². The third-order valence-electron chi connectivity index (χ3n) is 6.24. The Morgan fingerprint density at radius 3 is 0.952 bits per heavy atom. The first-order chi connectivity index (χ1) is 9.15. The molecule has 116 valence electrons. The lowest BCUT2D eigenvalue weighted by Gasteiger charge is -2.80. The summed E-state index contributed by atoms with van der Waals surface area (Å²) in [4.78, 5) is -2.01. The standard InChI is InChI=1S/C10Cl10O/c11-2-1(21)3(12)6(15)4(2,13)8(17)5(2,14)7(3,16)9(6,18)10(8,19)20/t2?,3?,4-,5?,6?,7?,8?,9?/m0/s1. The van der Waals surface area contributed by atoms with Crippen LogP contribution in [-0.4, -0.2) is 49.1 Å². The third-order valence-corrected chi connectivity index (χ3v) is 15.3. The molecule has 0 heterocycles. The highest BCUT2D eigenvalue weighted by molar-refractivity contribution is 6.83. The molecule has 6 saturated carbocycles. The van der Waals surface area contributed by atoms with Gasteiger partial charge >= 0.3 is 0 Å². The second kappa shape index (κ2) is 2.96. The molecule has 8 atom stereocenters. The summed E-state index contributed by atoms with van der Waals surface area (Å²) < 4.78 is -1.94. The van der Waals surface area contributed by atoms with Gasteiger partial charge in [0.25, 0.3) is 0 Å². The van der Waals surface area contributed by atoms with Crippen LogP contribution in [0.3, 0.4) is 0 Å². The molecule has 21 heavy (non-hydrogen) atoms. The van der Waals surface area contributed by atoms with Crippen molar-refractivity contribution in [2.45, 2.75) is 43.3 Å². The summed E-state index contributed by atoms with van der Waals surface area (Å²) in [5, 5.41) is 0. The van der Waals surface area contributed by atoms with Crippen molar-refractivity contribution in [1.29, 1.82) is 0 Å². The van der Waals surface area contributed by atoms with Gasteiger partial charge in [-0.2, -0.15) is 0 Å². The molecule has 0 aliphatic heterocycles. The minimum absolute atomic E-state index is 0.690. The van der Waals surface area contributed by atoms with Gasteiger partial charge in [-0.25, -0.2) is 0 Å². The topological polar surface area (TPSA) is 17.1 Å². The Balaban J connectivity index is 2.08. The van der Waals surface area contributed by atoms with Crippen LogP contribution in [-0.2, 0) is 4.79 Å². The van der Waals surface area contributed by atoms with Crippen LogP contribution < -0.4 is 0 Å². The molecule has 6 rings (SSSR count). The van der Waals surface area contributed by atoms with E-state index in [4.69, 9.17) is 116 Å². The van der Waals surface area contributed by atoms with Gasteiger partial charge in [0.1, 0.15) is 29.2 Å². The molecule has 4 bridgehead atoms. The Bertz CT molecular complexity index is 631. The van der Waals surface area contributed by atoms with Crippen LogP contribution in [0.5, 0.6) is 0 Å². The predicted octanol–water partition coefficient (Wildman–Crippen LogP) is 4.62. The highest BCUT2D eigenvalue weighted by Crippen LogP contribution is 3.09. The Morgan fingerprint density at radius 2 is 0.714 bits per heavy atom. The van der Waals surface area contributed by atoms with E-state index in [0.717, 1.165) is 0 Å². The first-order valence-electron chi connectivity index (χ1n) is 5.59. The van der Waals surface area contributed by atoms with E-state index in [-0.39, 0.29) is 0 Å². The van der Waals surface area contributed by atoms with Gasteiger partial charge in [0, 0.05) is 0 Å². The largest absolute Gasteiger partial charge is 0.295 e. The Kier molecular flexibility index (Phi) is 2.23. The number of ketones is 1. The van der Waals surface area contributed by atoms with Crippen molar-refractivity contribution in [2.24, 2.45) is 0 Å². The van der Waals surface area contributed by atoms with Crippen molar-refractivity contribution >= 4 is 122 Å². The van der Waals surface area contributed by atoms with Gasteiger partial charge in [0.2, 0.25) is 0 Å². The summed E-state index contributed by atoms with van der Waals surface area (Å²) in [5.74, 6) is -0.690. The zero-order valence-corrected chi connectivity index (χ0v) is 16.7. The van der Waals surface area contributed by atoms with Crippen molar-refractivity contribution in [2.75, 3.05) is 0 Å². The molecule has 7 unspecified atom stereocenters. The van der Waals surface area contributed by atoms with Crippen molar-refractivity contribution in [1.82, 2.24) is 0 Å². The average Bonchev–Trinajstić information content (AvgIpc) is 2.64. The van der Waals surface area contributed by atoms with Gasteiger partial charge in [0.15, 0.2) is 19.9 Å². The summed E-state index contributed by atoms with van der Waals surface area (Å²) in [6.07, 6.45) is 0. The number of carbonyl (C=O) groups excluding carboxylic acids is 1. The predicted molar refractivity (Wildman–Crippen MR) is 88.1 cm³/mol. The highest BCUT2D eigenvalue weighted by Gasteiger charge is 3.30. The molecule has 0 aromatic rings. The summed E-state index contributed by atoms with van der Waals surface area (Å²) in [6, 6.07) is 0. The second-order valence-electron chi connectivity index (χ2n) is 6.17. The van der Waals surface area contributed by atoms with Crippen molar-refractivity contribution in [3.63, 3.8) is 0 Å². The molecule has 0 aromatic heterocycles. The fraction of sp³-hybridized carbons (Fsp3) is 0.900. The molecule has 6 aliphatic rings. The third kappa shape index (κ3) is 0.636. The van der Waals surface area contributed by atoms with Crippen LogP contribution >= 0.6 is 116 Å². The number of alkyl halides is 10. The van der Waals surface area contributed by atoms with E-state index < -0.39 is 49.1 Å². The molecule has 0 saturated heterocycles. The number of Topliss-reactive ketones (excluding diaryl/α,β-unsaturated/α-hetero) is 1. The molecule has 6 fully saturated rings. The molecule has 0 amide bonds. The van der Waals surface area contributed by atoms with Crippen LogP contribution in [0.15, 0.2) is 0 Å². The summed E-state index contributed by atoms with van der Waals surface area (Å²) in [7, 11) is 0. The second-order valence-corrected chi connectivity index (χ2v) is 12.0.